The van der Waals surface area contributed by atoms with Crippen LogP contribution in [-0.2, 0) is 0 Å². The summed E-state index contributed by atoms with van der Waals surface area (Å²) in [6.45, 7) is 5.47. The number of nitro benzene ring substituents is 1. The summed E-state index contributed by atoms with van der Waals surface area (Å²) < 4.78 is 2.50. The number of anilines is 2. The van der Waals surface area contributed by atoms with Crippen molar-refractivity contribution in [2.24, 2.45) is 0 Å². The molecular formula is C19H17IN4O4. The Balaban J connectivity index is 2.23. The van der Waals surface area contributed by atoms with E-state index in [4.69, 9.17) is 0 Å². The van der Waals surface area contributed by atoms with Crippen LogP contribution in [0.2, 0.25) is 0 Å². The zero-order valence-corrected chi connectivity index (χ0v) is 17.5. The van der Waals surface area contributed by atoms with Gasteiger partial charge in [-0.05, 0) is 79.3 Å². The van der Waals surface area contributed by atoms with E-state index in [1.54, 1.807) is 19.9 Å². The fourth-order valence-corrected chi connectivity index (χ4v) is 3.61. The fraction of sp³-hybridized carbons (Fsp3) is 0.158. The summed E-state index contributed by atoms with van der Waals surface area (Å²) in [5.41, 5.74) is 3.00. The van der Waals surface area contributed by atoms with Crippen molar-refractivity contribution in [3.63, 3.8) is 0 Å². The molecule has 9 heteroatoms. The maximum Gasteiger partial charge on any atom is 0.338 e. The van der Waals surface area contributed by atoms with Gasteiger partial charge < -0.3 is 10.4 Å². The molecule has 3 aromatic rings. The van der Waals surface area contributed by atoms with Gasteiger partial charge in [-0.2, -0.15) is 5.10 Å². The predicted octanol–water partition coefficient (Wildman–Crippen LogP) is 4.75. The van der Waals surface area contributed by atoms with Crippen LogP contribution in [0.5, 0.6) is 0 Å². The Morgan fingerprint density at radius 3 is 2.43 bits per heavy atom. The highest BCUT2D eigenvalue weighted by Crippen LogP contribution is 2.33. The highest BCUT2D eigenvalue weighted by molar-refractivity contribution is 14.1. The van der Waals surface area contributed by atoms with E-state index >= 15 is 0 Å². The second-order valence-electron chi connectivity index (χ2n) is 6.37. The van der Waals surface area contributed by atoms with Gasteiger partial charge in [0.15, 0.2) is 0 Å². The fourth-order valence-electron chi connectivity index (χ4n) is 2.96. The Bertz CT molecular complexity index is 1110. The van der Waals surface area contributed by atoms with Crippen molar-refractivity contribution in [1.29, 1.82) is 0 Å². The van der Waals surface area contributed by atoms with E-state index in [2.05, 4.69) is 33.0 Å². The SMILES string of the molecule is Cc1cc(C)n(-c2cc(Nc3ccc(I)cc3C)c(C(=O)O)cc2[N+](=O)[O-])n1. The molecule has 0 amide bonds. The third kappa shape index (κ3) is 3.84. The summed E-state index contributed by atoms with van der Waals surface area (Å²) in [7, 11) is 0. The minimum absolute atomic E-state index is 0.185. The molecule has 0 atom stereocenters. The van der Waals surface area contributed by atoms with Crippen LogP contribution < -0.4 is 5.32 Å². The number of benzene rings is 2. The number of carboxylic acid groups (broad SMARTS) is 1. The van der Waals surface area contributed by atoms with E-state index in [0.717, 1.165) is 20.9 Å². The van der Waals surface area contributed by atoms with E-state index < -0.39 is 10.9 Å². The number of hydrogen-bond donors (Lipinski definition) is 2. The summed E-state index contributed by atoms with van der Waals surface area (Å²) in [6, 6.07) is 10.0. The number of aromatic nitrogens is 2. The Hall–Kier alpha value is -2.95. The molecule has 0 aliphatic rings. The number of carbonyl (C=O) groups is 1. The quantitative estimate of drug-likeness (QED) is 0.302. The Labute approximate surface area is 174 Å². The number of hydrogen-bond acceptors (Lipinski definition) is 5. The lowest BCUT2D eigenvalue weighted by Crippen LogP contribution is -2.09. The molecule has 2 N–H and O–H groups in total. The van der Waals surface area contributed by atoms with Gasteiger partial charge in [-0.3, -0.25) is 10.1 Å². The number of halogens is 1. The summed E-state index contributed by atoms with van der Waals surface area (Å²) in [6.07, 6.45) is 0. The first-order valence-electron chi connectivity index (χ1n) is 8.30. The average Bonchev–Trinajstić information content (AvgIpc) is 2.94. The van der Waals surface area contributed by atoms with Crippen molar-refractivity contribution in [1.82, 2.24) is 9.78 Å². The molecule has 0 bridgehead atoms. The second kappa shape index (κ2) is 7.58. The first kappa shape index (κ1) is 19.8. The average molecular weight is 492 g/mol. The van der Waals surface area contributed by atoms with E-state index in [1.807, 2.05) is 25.1 Å². The Kier molecular flexibility index (Phi) is 5.36. The van der Waals surface area contributed by atoms with Crippen LogP contribution in [0.25, 0.3) is 5.69 Å². The predicted molar refractivity (Wildman–Crippen MR) is 114 cm³/mol. The van der Waals surface area contributed by atoms with Gasteiger partial charge in [-0.1, -0.05) is 0 Å². The van der Waals surface area contributed by atoms with Gasteiger partial charge in [-0.15, -0.1) is 0 Å². The molecule has 8 nitrogen and oxygen atoms in total. The molecular weight excluding hydrogens is 475 g/mol. The van der Waals surface area contributed by atoms with E-state index in [0.29, 0.717) is 11.4 Å². The molecule has 0 aliphatic carbocycles. The third-order valence-corrected chi connectivity index (χ3v) is 4.91. The molecule has 1 heterocycles. The molecule has 0 fully saturated rings. The minimum atomic E-state index is -1.26. The van der Waals surface area contributed by atoms with Gasteiger partial charge in [-0.25, -0.2) is 9.48 Å². The molecule has 1 aromatic heterocycles. The largest absolute Gasteiger partial charge is 0.478 e. The summed E-state index contributed by atoms with van der Waals surface area (Å²) in [5.74, 6) is -1.26. The van der Waals surface area contributed by atoms with Gasteiger partial charge in [0.05, 0.1) is 21.9 Å². The van der Waals surface area contributed by atoms with Crippen LogP contribution in [0.1, 0.15) is 27.3 Å². The van der Waals surface area contributed by atoms with Gasteiger partial charge in [0.2, 0.25) is 0 Å². The lowest BCUT2D eigenvalue weighted by atomic mass is 10.1. The molecule has 0 aliphatic heterocycles. The third-order valence-electron chi connectivity index (χ3n) is 4.24. The topological polar surface area (TPSA) is 110 Å². The normalized spacial score (nSPS) is 10.7. The van der Waals surface area contributed by atoms with Gasteiger partial charge >= 0.3 is 5.97 Å². The summed E-state index contributed by atoms with van der Waals surface area (Å²) >= 11 is 2.19. The van der Waals surface area contributed by atoms with Crippen LogP contribution in [0.3, 0.4) is 0 Å². The van der Waals surface area contributed by atoms with Gasteiger partial charge in [0, 0.05) is 21.0 Å². The van der Waals surface area contributed by atoms with Crippen molar-refractivity contribution in [3.8, 4) is 5.69 Å². The standard InChI is InChI=1S/C19H17IN4O4/c1-10-6-13(20)4-5-15(10)21-16-9-17(23-12(3)7-11(2)22-23)18(24(27)28)8-14(16)19(25)26/h4-9,21H,1-3H3,(H,25,26). The Morgan fingerprint density at radius 1 is 1.18 bits per heavy atom. The highest BCUT2D eigenvalue weighted by Gasteiger charge is 2.24. The lowest BCUT2D eigenvalue weighted by Gasteiger charge is -2.15. The van der Waals surface area contributed by atoms with E-state index in [1.165, 1.54) is 10.7 Å². The number of nitrogens with one attached hydrogen (secondary N) is 1. The second-order valence-corrected chi connectivity index (χ2v) is 7.62. The van der Waals surface area contributed by atoms with Crippen molar-refractivity contribution >= 4 is 45.6 Å². The number of aromatic carboxylic acids is 1. The molecule has 0 saturated heterocycles. The van der Waals surface area contributed by atoms with Crippen molar-refractivity contribution in [2.45, 2.75) is 20.8 Å². The van der Waals surface area contributed by atoms with Crippen LogP contribution >= 0.6 is 22.6 Å². The van der Waals surface area contributed by atoms with E-state index in [-0.39, 0.29) is 22.6 Å². The van der Waals surface area contributed by atoms with Crippen molar-refractivity contribution in [3.05, 3.63) is 72.6 Å². The molecule has 0 unspecified atom stereocenters. The van der Waals surface area contributed by atoms with E-state index in [9.17, 15) is 20.0 Å². The zero-order chi connectivity index (χ0) is 20.6. The molecule has 3 rings (SSSR count). The highest BCUT2D eigenvalue weighted by atomic mass is 127. The van der Waals surface area contributed by atoms with Crippen LogP contribution in [-0.4, -0.2) is 25.8 Å². The maximum atomic E-state index is 11.8. The maximum absolute atomic E-state index is 11.8. The molecule has 144 valence electrons. The number of aryl methyl sites for hydroxylation is 3. The van der Waals surface area contributed by atoms with Crippen molar-refractivity contribution < 1.29 is 14.8 Å². The zero-order valence-electron chi connectivity index (χ0n) is 15.4. The lowest BCUT2D eigenvalue weighted by molar-refractivity contribution is -0.384. The molecule has 0 radical (unpaired) electrons. The number of rotatable bonds is 5. The Morgan fingerprint density at radius 2 is 1.89 bits per heavy atom. The van der Waals surface area contributed by atoms with Gasteiger partial charge in [0.1, 0.15) is 5.69 Å². The summed E-state index contributed by atoms with van der Waals surface area (Å²) in [5, 5.41) is 28.6. The van der Waals surface area contributed by atoms with Crippen molar-refractivity contribution in [2.75, 3.05) is 5.32 Å². The number of nitro groups is 1. The van der Waals surface area contributed by atoms with Crippen LogP contribution in [0.15, 0.2) is 36.4 Å². The smallest absolute Gasteiger partial charge is 0.338 e. The summed E-state index contributed by atoms with van der Waals surface area (Å²) in [4.78, 5) is 22.8. The van der Waals surface area contributed by atoms with Gasteiger partial charge in [0.25, 0.3) is 5.69 Å². The molecule has 0 saturated carbocycles. The molecule has 2 aromatic carbocycles. The molecule has 0 spiro atoms. The number of nitrogens with zero attached hydrogens (tertiary/aromatic N) is 3. The monoisotopic (exact) mass is 492 g/mol. The van der Waals surface area contributed by atoms with Crippen LogP contribution in [0, 0.1) is 34.5 Å². The first-order chi connectivity index (χ1) is 13.2. The van der Waals surface area contributed by atoms with Crippen LogP contribution in [0.4, 0.5) is 17.1 Å². The number of carboxylic acids is 1. The first-order valence-corrected chi connectivity index (χ1v) is 9.38. The minimum Gasteiger partial charge on any atom is -0.478 e. The molecule has 28 heavy (non-hydrogen) atoms.